The molecule has 1 N–H and O–H groups in total. The van der Waals surface area contributed by atoms with Crippen molar-refractivity contribution >= 4 is 23.2 Å². The second kappa shape index (κ2) is 9.11. The van der Waals surface area contributed by atoms with E-state index in [9.17, 15) is 9.18 Å². The topological polar surface area (TPSA) is 73.6 Å². The van der Waals surface area contributed by atoms with Crippen LogP contribution in [0.25, 0.3) is 22.8 Å². The Bertz CT molecular complexity index is 1290. The Kier molecular flexibility index (Phi) is 6.09. The van der Waals surface area contributed by atoms with Crippen molar-refractivity contribution in [2.24, 2.45) is 0 Å². The summed E-state index contributed by atoms with van der Waals surface area (Å²) in [4.78, 5) is 17.3. The number of anilines is 1. The van der Waals surface area contributed by atoms with Gasteiger partial charge in [-0.2, -0.15) is 0 Å². The molecule has 0 fully saturated rings. The molecule has 0 aliphatic carbocycles. The monoisotopic (exact) mass is 452 g/mol. The summed E-state index contributed by atoms with van der Waals surface area (Å²) in [5.74, 6) is 0.969. The summed E-state index contributed by atoms with van der Waals surface area (Å²) in [5, 5.41) is 2.63. The number of hydrogen-bond acceptors (Lipinski definition) is 5. The van der Waals surface area contributed by atoms with Gasteiger partial charge < -0.3 is 19.2 Å². The number of ether oxygens (including phenoxy) is 2. The van der Waals surface area contributed by atoms with Gasteiger partial charge in [-0.15, -0.1) is 0 Å². The lowest BCUT2D eigenvalue weighted by Crippen LogP contribution is -2.13. The molecular weight excluding hydrogens is 435 g/mol. The third-order valence-corrected chi connectivity index (χ3v) is 5.05. The van der Waals surface area contributed by atoms with E-state index in [1.807, 2.05) is 0 Å². The Morgan fingerprint density at radius 2 is 1.84 bits per heavy atom. The molecule has 4 rings (SSSR count). The second-order valence-corrected chi connectivity index (χ2v) is 7.13. The summed E-state index contributed by atoms with van der Waals surface area (Å²) in [6, 6.07) is 16.2. The number of rotatable bonds is 6. The third-order valence-electron chi connectivity index (χ3n) is 4.76. The van der Waals surface area contributed by atoms with Crippen LogP contribution < -0.4 is 14.8 Å². The smallest absolute Gasteiger partial charge is 0.256 e. The van der Waals surface area contributed by atoms with Gasteiger partial charge in [-0.05, 0) is 42.5 Å². The van der Waals surface area contributed by atoms with Gasteiger partial charge >= 0.3 is 0 Å². The van der Waals surface area contributed by atoms with Crippen LogP contribution in [-0.2, 0) is 0 Å². The fourth-order valence-electron chi connectivity index (χ4n) is 3.17. The third kappa shape index (κ3) is 4.29. The summed E-state index contributed by atoms with van der Waals surface area (Å²) in [5.41, 5.74) is 1.89. The Morgan fingerprint density at radius 1 is 1.03 bits per heavy atom. The van der Waals surface area contributed by atoms with Crippen LogP contribution in [0, 0.1) is 5.82 Å². The lowest BCUT2D eigenvalue weighted by Gasteiger charge is -2.09. The van der Waals surface area contributed by atoms with Crippen molar-refractivity contribution in [1.29, 1.82) is 0 Å². The van der Waals surface area contributed by atoms with Gasteiger partial charge in [0, 0.05) is 17.3 Å². The number of oxazole rings is 1. The molecule has 0 aliphatic rings. The number of nitrogens with one attached hydrogen (secondary N) is 1. The molecule has 3 aromatic carbocycles. The van der Waals surface area contributed by atoms with Crippen molar-refractivity contribution in [2.45, 2.75) is 0 Å². The Morgan fingerprint density at radius 3 is 2.59 bits per heavy atom. The number of carbonyl (C=O) groups excluding carboxylic acids is 1. The molecular formula is C24H18ClFN2O4. The molecule has 4 aromatic rings. The number of aromatic nitrogens is 1. The van der Waals surface area contributed by atoms with Crippen molar-refractivity contribution in [2.75, 3.05) is 19.5 Å². The van der Waals surface area contributed by atoms with Crippen molar-refractivity contribution in [3.05, 3.63) is 83.3 Å². The van der Waals surface area contributed by atoms with Crippen LogP contribution in [0.1, 0.15) is 10.4 Å². The van der Waals surface area contributed by atoms with Crippen LogP contribution >= 0.6 is 11.6 Å². The SMILES string of the molecule is COc1ccc(-c2cnc(-c3ccccc3C(=O)Nc3ccc(F)c(Cl)c3)o2)c(OC)c1. The highest BCUT2D eigenvalue weighted by Crippen LogP contribution is 2.36. The van der Waals surface area contributed by atoms with E-state index in [2.05, 4.69) is 10.3 Å². The molecule has 0 atom stereocenters. The molecule has 6 nitrogen and oxygen atoms in total. The molecule has 32 heavy (non-hydrogen) atoms. The van der Waals surface area contributed by atoms with Gasteiger partial charge in [0.15, 0.2) is 5.76 Å². The molecule has 1 heterocycles. The maximum absolute atomic E-state index is 13.4. The van der Waals surface area contributed by atoms with Crippen molar-refractivity contribution in [3.63, 3.8) is 0 Å². The largest absolute Gasteiger partial charge is 0.497 e. The summed E-state index contributed by atoms with van der Waals surface area (Å²) in [6.45, 7) is 0. The van der Waals surface area contributed by atoms with Gasteiger partial charge in [0.05, 0.1) is 36.6 Å². The van der Waals surface area contributed by atoms with Crippen molar-refractivity contribution in [3.8, 4) is 34.3 Å². The maximum Gasteiger partial charge on any atom is 0.256 e. The standard InChI is InChI=1S/C24H18ClFN2O4/c1-30-15-8-9-18(21(12-15)31-2)22-13-27-24(32-22)17-6-4-3-5-16(17)23(29)28-14-7-10-20(26)19(25)11-14/h3-13H,1-2H3,(H,28,29). The van der Waals surface area contributed by atoms with Crippen molar-refractivity contribution in [1.82, 2.24) is 4.98 Å². The number of methoxy groups -OCH3 is 2. The minimum absolute atomic E-state index is 0.0816. The Balaban J connectivity index is 1.66. The highest BCUT2D eigenvalue weighted by Gasteiger charge is 2.19. The van der Waals surface area contributed by atoms with E-state index in [1.54, 1.807) is 62.9 Å². The zero-order valence-corrected chi connectivity index (χ0v) is 17.9. The predicted molar refractivity (Wildman–Crippen MR) is 120 cm³/mol. The number of halogens is 2. The van der Waals surface area contributed by atoms with E-state index in [4.69, 9.17) is 25.5 Å². The minimum atomic E-state index is -0.564. The lowest BCUT2D eigenvalue weighted by molar-refractivity contribution is 0.102. The predicted octanol–water partition coefficient (Wildman–Crippen LogP) is 6.07. The first-order valence-corrected chi connectivity index (χ1v) is 9.92. The van der Waals surface area contributed by atoms with Gasteiger partial charge in [0.1, 0.15) is 17.3 Å². The number of nitrogens with zero attached hydrogens (tertiary/aromatic N) is 1. The van der Waals surface area contributed by atoms with Crippen LogP contribution in [0.2, 0.25) is 5.02 Å². The first-order chi connectivity index (χ1) is 15.5. The van der Waals surface area contributed by atoms with E-state index in [1.165, 1.54) is 18.2 Å². The number of carbonyl (C=O) groups is 1. The highest BCUT2D eigenvalue weighted by atomic mass is 35.5. The summed E-state index contributed by atoms with van der Waals surface area (Å²) in [7, 11) is 3.12. The van der Waals surface area contributed by atoms with E-state index in [0.717, 1.165) is 0 Å². The average Bonchev–Trinajstić information content (AvgIpc) is 3.31. The zero-order chi connectivity index (χ0) is 22.7. The Hall–Kier alpha value is -3.84. The second-order valence-electron chi connectivity index (χ2n) is 6.72. The maximum atomic E-state index is 13.4. The molecule has 162 valence electrons. The molecule has 0 bridgehead atoms. The molecule has 1 amide bonds. The average molecular weight is 453 g/mol. The fraction of sp³-hybridized carbons (Fsp3) is 0.0833. The minimum Gasteiger partial charge on any atom is -0.497 e. The molecule has 0 saturated carbocycles. The lowest BCUT2D eigenvalue weighted by atomic mass is 10.1. The quantitative estimate of drug-likeness (QED) is 0.384. The van der Waals surface area contributed by atoms with Crippen LogP contribution in [0.5, 0.6) is 11.5 Å². The van der Waals surface area contributed by atoms with Gasteiger partial charge in [0.25, 0.3) is 5.91 Å². The first kappa shape index (κ1) is 21.4. The molecule has 0 unspecified atom stereocenters. The molecule has 0 aliphatic heterocycles. The summed E-state index contributed by atoms with van der Waals surface area (Å²) >= 11 is 5.81. The normalized spacial score (nSPS) is 10.6. The van der Waals surface area contributed by atoms with Crippen LogP contribution in [0.15, 0.2) is 71.3 Å². The Labute approximate surface area is 188 Å². The van der Waals surface area contributed by atoms with Crippen molar-refractivity contribution < 1.29 is 23.1 Å². The fourth-order valence-corrected chi connectivity index (χ4v) is 3.35. The number of hydrogen-bond donors (Lipinski definition) is 1. The van der Waals surface area contributed by atoms with Gasteiger partial charge in [-0.3, -0.25) is 4.79 Å². The van der Waals surface area contributed by atoms with E-state index >= 15 is 0 Å². The van der Waals surface area contributed by atoms with Crippen LogP contribution in [0.4, 0.5) is 10.1 Å². The van der Waals surface area contributed by atoms with Gasteiger partial charge in [-0.25, -0.2) is 9.37 Å². The molecule has 0 spiro atoms. The van der Waals surface area contributed by atoms with Crippen LogP contribution in [0.3, 0.4) is 0 Å². The summed E-state index contributed by atoms with van der Waals surface area (Å²) < 4.78 is 30.0. The van der Waals surface area contributed by atoms with Gasteiger partial charge in [0.2, 0.25) is 5.89 Å². The number of amides is 1. The molecule has 8 heteroatoms. The van der Waals surface area contributed by atoms with Crippen LogP contribution in [-0.4, -0.2) is 25.1 Å². The van der Waals surface area contributed by atoms with E-state index in [0.29, 0.717) is 39.6 Å². The highest BCUT2D eigenvalue weighted by molar-refractivity contribution is 6.31. The van der Waals surface area contributed by atoms with Gasteiger partial charge in [-0.1, -0.05) is 23.7 Å². The molecule has 0 saturated heterocycles. The molecule has 1 aromatic heterocycles. The number of benzene rings is 3. The van der Waals surface area contributed by atoms with E-state index in [-0.39, 0.29) is 10.9 Å². The zero-order valence-electron chi connectivity index (χ0n) is 17.2. The summed E-state index contributed by atoms with van der Waals surface area (Å²) in [6.07, 6.45) is 1.56. The van der Waals surface area contributed by atoms with E-state index < -0.39 is 11.7 Å². The molecule has 0 radical (unpaired) electrons. The first-order valence-electron chi connectivity index (χ1n) is 9.54.